The Bertz CT molecular complexity index is 501. The standard InChI is InChI=1S/C14H17ClFNO3/c15-10-2-1-3-11(12(10)16)17-8-14(20)6-4-9(5-7-14)13(18)19/h1-3,9,17,20H,4-8H2,(H,18,19). The van der Waals surface area contributed by atoms with Gasteiger partial charge in [-0.1, -0.05) is 17.7 Å². The van der Waals surface area contributed by atoms with Crippen LogP contribution in [-0.4, -0.2) is 28.3 Å². The van der Waals surface area contributed by atoms with Gasteiger partial charge < -0.3 is 15.5 Å². The van der Waals surface area contributed by atoms with E-state index in [-0.39, 0.29) is 17.3 Å². The van der Waals surface area contributed by atoms with Crippen molar-refractivity contribution in [3.05, 3.63) is 29.0 Å². The number of aliphatic carboxylic acids is 1. The molecular weight excluding hydrogens is 285 g/mol. The van der Waals surface area contributed by atoms with Crippen molar-refractivity contribution in [1.29, 1.82) is 0 Å². The van der Waals surface area contributed by atoms with E-state index in [1.54, 1.807) is 12.1 Å². The maximum Gasteiger partial charge on any atom is 0.306 e. The van der Waals surface area contributed by atoms with E-state index in [9.17, 15) is 14.3 Å². The van der Waals surface area contributed by atoms with Crippen LogP contribution in [0, 0.1) is 11.7 Å². The molecule has 3 N–H and O–H groups in total. The largest absolute Gasteiger partial charge is 0.481 e. The molecular formula is C14H17ClFNO3. The van der Waals surface area contributed by atoms with E-state index >= 15 is 0 Å². The molecule has 1 saturated carbocycles. The quantitative estimate of drug-likeness (QED) is 0.800. The molecule has 1 aromatic carbocycles. The number of anilines is 1. The van der Waals surface area contributed by atoms with Gasteiger partial charge in [0.15, 0.2) is 5.82 Å². The lowest BCUT2D eigenvalue weighted by Gasteiger charge is -2.35. The summed E-state index contributed by atoms with van der Waals surface area (Å²) in [4.78, 5) is 10.9. The zero-order valence-corrected chi connectivity index (χ0v) is 11.7. The highest BCUT2D eigenvalue weighted by Gasteiger charge is 2.35. The number of halogens is 2. The van der Waals surface area contributed by atoms with Gasteiger partial charge in [0, 0.05) is 6.54 Å². The lowest BCUT2D eigenvalue weighted by molar-refractivity contribution is -0.144. The lowest BCUT2D eigenvalue weighted by atomic mass is 9.79. The van der Waals surface area contributed by atoms with Gasteiger partial charge in [0.1, 0.15) is 0 Å². The highest BCUT2D eigenvalue weighted by atomic mass is 35.5. The van der Waals surface area contributed by atoms with Crippen LogP contribution < -0.4 is 5.32 Å². The summed E-state index contributed by atoms with van der Waals surface area (Å²) in [5.74, 6) is -1.75. The zero-order chi connectivity index (χ0) is 14.8. The van der Waals surface area contributed by atoms with Crippen molar-refractivity contribution in [1.82, 2.24) is 0 Å². The van der Waals surface area contributed by atoms with E-state index in [0.29, 0.717) is 25.7 Å². The Hall–Kier alpha value is -1.33. The van der Waals surface area contributed by atoms with Crippen molar-refractivity contribution in [2.75, 3.05) is 11.9 Å². The first-order valence-corrected chi connectivity index (χ1v) is 6.92. The summed E-state index contributed by atoms with van der Waals surface area (Å²) in [5, 5.41) is 22.2. The molecule has 1 aromatic rings. The van der Waals surface area contributed by atoms with Crippen LogP contribution in [0.2, 0.25) is 5.02 Å². The van der Waals surface area contributed by atoms with Gasteiger partial charge in [-0.15, -0.1) is 0 Å². The van der Waals surface area contributed by atoms with Crippen LogP contribution in [-0.2, 0) is 4.79 Å². The molecule has 0 unspecified atom stereocenters. The minimum absolute atomic E-state index is 0.0246. The van der Waals surface area contributed by atoms with E-state index in [4.69, 9.17) is 16.7 Å². The number of benzene rings is 1. The number of carboxylic acids is 1. The summed E-state index contributed by atoms with van der Waals surface area (Å²) in [5.41, 5.74) is -0.757. The van der Waals surface area contributed by atoms with Crippen LogP contribution in [0.1, 0.15) is 25.7 Å². The molecule has 0 bridgehead atoms. The molecule has 1 aliphatic carbocycles. The number of carboxylic acid groups (broad SMARTS) is 1. The Labute approximate surface area is 121 Å². The van der Waals surface area contributed by atoms with Crippen LogP contribution in [0.25, 0.3) is 0 Å². The number of nitrogens with one attached hydrogen (secondary N) is 1. The minimum atomic E-state index is -0.999. The summed E-state index contributed by atoms with van der Waals surface area (Å²) in [7, 11) is 0. The number of hydrogen-bond donors (Lipinski definition) is 3. The maximum absolute atomic E-state index is 13.7. The lowest BCUT2D eigenvalue weighted by Crippen LogP contribution is -2.42. The fourth-order valence-corrected chi connectivity index (χ4v) is 2.65. The predicted molar refractivity (Wildman–Crippen MR) is 74.4 cm³/mol. The second-order valence-corrected chi connectivity index (χ2v) is 5.70. The summed E-state index contributed by atoms with van der Waals surface area (Å²) < 4.78 is 13.7. The van der Waals surface area contributed by atoms with E-state index in [0.717, 1.165) is 0 Å². The van der Waals surface area contributed by atoms with Crippen molar-refractivity contribution >= 4 is 23.3 Å². The molecule has 0 spiro atoms. The van der Waals surface area contributed by atoms with Crippen molar-refractivity contribution in [3.8, 4) is 0 Å². The first kappa shape index (κ1) is 15.1. The number of carbonyl (C=O) groups is 1. The molecule has 0 heterocycles. The third-order valence-corrected chi connectivity index (χ3v) is 4.12. The van der Waals surface area contributed by atoms with Crippen LogP contribution >= 0.6 is 11.6 Å². The van der Waals surface area contributed by atoms with Crippen molar-refractivity contribution in [2.24, 2.45) is 5.92 Å². The topological polar surface area (TPSA) is 69.6 Å². The zero-order valence-electron chi connectivity index (χ0n) is 10.9. The summed E-state index contributed by atoms with van der Waals surface area (Å²) in [6, 6.07) is 4.63. The van der Waals surface area contributed by atoms with Crippen LogP contribution in [0.5, 0.6) is 0 Å². The Morgan fingerprint density at radius 1 is 1.45 bits per heavy atom. The number of aliphatic hydroxyl groups is 1. The van der Waals surface area contributed by atoms with Gasteiger partial charge in [0.2, 0.25) is 0 Å². The fourth-order valence-electron chi connectivity index (χ4n) is 2.48. The van der Waals surface area contributed by atoms with E-state index in [1.807, 2.05) is 0 Å². The molecule has 0 aliphatic heterocycles. The molecule has 20 heavy (non-hydrogen) atoms. The third kappa shape index (κ3) is 3.41. The molecule has 1 aliphatic rings. The Kier molecular flexibility index (Phi) is 4.50. The second-order valence-electron chi connectivity index (χ2n) is 5.29. The van der Waals surface area contributed by atoms with Crippen molar-refractivity contribution in [2.45, 2.75) is 31.3 Å². The van der Waals surface area contributed by atoms with Crippen molar-refractivity contribution in [3.63, 3.8) is 0 Å². The van der Waals surface area contributed by atoms with E-state index < -0.39 is 23.3 Å². The molecule has 0 saturated heterocycles. The average Bonchev–Trinajstić information content (AvgIpc) is 2.41. The molecule has 4 nitrogen and oxygen atoms in total. The summed E-state index contributed by atoms with van der Waals surface area (Å²) in [6.45, 7) is 0.177. The highest BCUT2D eigenvalue weighted by molar-refractivity contribution is 6.31. The van der Waals surface area contributed by atoms with Crippen LogP contribution in [0.15, 0.2) is 18.2 Å². The Morgan fingerprint density at radius 2 is 2.10 bits per heavy atom. The maximum atomic E-state index is 13.7. The molecule has 2 rings (SSSR count). The first-order chi connectivity index (χ1) is 9.41. The molecule has 6 heteroatoms. The van der Waals surface area contributed by atoms with Crippen LogP contribution in [0.3, 0.4) is 0 Å². The van der Waals surface area contributed by atoms with Gasteiger partial charge in [-0.25, -0.2) is 4.39 Å². The SMILES string of the molecule is O=C(O)C1CCC(O)(CNc2cccc(Cl)c2F)CC1. The second kappa shape index (κ2) is 5.97. The molecule has 0 atom stereocenters. The first-order valence-electron chi connectivity index (χ1n) is 6.54. The molecule has 0 amide bonds. The van der Waals surface area contributed by atoms with Gasteiger partial charge in [0.05, 0.1) is 22.2 Å². The van der Waals surface area contributed by atoms with Crippen LogP contribution in [0.4, 0.5) is 10.1 Å². The summed E-state index contributed by atoms with van der Waals surface area (Å²) in [6.07, 6.45) is 1.65. The Morgan fingerprint density at radius 3 is 2.70 bits per heavy atom. The van der Waals surface area contributed by atoms with Crippen molar-refractivity contribution < 1.29 is 19.4 Å². The van der Waals surface area contributed by atoms with Gasteiger partial charge in [-0.3, -0.25) is 4.79 Å². The highest BCUT2D eigenvalue weighted by Crippen LogP contribution is 2.33. The van der Waals surface area contributed by atoms with Gasteiger partial charge in [-0.2, -0.15) is 0 Å². The molecule has 1 fully saturated rings. The van der Waals surface area contributed by atoms with E-state index in [2.05, 4.69) is 5.32 Å². The normalized spacial score (nSPS) is 26.2. The smallest absolute Gasteiger partial charge is 0.306 e. The fraction of sp³-hybridized carbons (Fsp3) is 0.500. The monoisotopic (exact) mass is 301 g/mol. The Balaban J connectivity index is 1.94. The minimum Gasteiger partial charge on any atom is -0.481 e. The van der Waals surface area contributed by atoms with Gasteiger partial charge in [-0.05, 0) is 37.8 Å². The molecule has 110 valence electrons. The van der Waals surface area contributed by atoms with Gasteiger partial charge in [0.25, 0.3) is 0 Å². The van der Waals surface area contributed by atoms with Gasteiger partial charge >= 0.3 is 5.97 Å². The molecule has 0 radical (unpaired) electrons. The summed E-state index contributed by atoms with van der Waals surface area (Å²) >= 11 is 5.68. The molecule has 0 aromatic heterocycles. The third-order valence-electron chi connectivity index (χ3n) is 3.83. The average molecular weight is 302 g/mol. The van der Waals surface area contributed by atoms with E-state index in [1.165, 1.54) is 6.07 Å². The number of hydrogen-bond acceptors (Lipinski definition) is 3. The number of rotatable bonds is 4. The predicted octanol–water partition coefficient (Wildman–Crippen LogP) is 2.90.